The van der Waals surface area contributed by atoms with E-state index in [1.165, 1.54) is 11.9 Å². The minimum Gasteiger partial charge on any atom is -0.274 e. The Hall–Kier alpha value is -1.06. The maximum absolute atomic E-state index is 11.5. The van der Waals surface area contributed by atoms with E-state index in [-0.39, 0.29) is 11.8 Å². The van der Waals surface area contributed by atoms with Crippen LogP contribution in [0, 0.1) is 0 Å². The Morgan fingerprint density at radius 1 is 1.21 bits per heavy atom. The van der Waals surface area contributed by atoms with Crippen LogP contribution in [0.5, 0.6) is 0 Å². The van der Waals surface area contributed by atoms with Gasteiger partial charge in [-0.25, -0.2) is 0 Å². The molecule has 0 aromatic carbocycles. The summed E-state index contributed by atoms with van der Waals surface area (Å²) in [4.78, 5) is 22.3. The van der Waals surface area contributed by atoms with Gasteiger partial charge in [-0.3, -0.25) is 20.0 Å². The Kier molecular flexibility index (Phi) is 6.80. The standard InChI is InChI=1S/C10H20N2O2/c1-4-6-7-10(14)12(8-5-2)11-9(3)13/h4-8H2,1-3H3,(H,11,13). The lowest BCUT2D eigenvalue weighted by molar-refractivity contribution is -0.140. The molecule has 4 nitrogen and oxygen atoms in total. The van der Waals surface area contributed by atoms with Gasteiger partial charge in [-0.1, -0.05) is 20.3 Å². The van der Waals surface area contributed by atoms with E-state index < -0.39 is 0 Å². The number of hydrogen-bond donors (Lipinski definition) is 1. The van der Waals surface area contributed by atoms with E-state index in [9.17, 15) is 9.59 Å². The molecule has 0 radical (unpaired) electrons. The maximum Gasteiger partial charge on any atom is 0.240 e. The van der Waals surface area contributed by atoms with Crippen LogP contribution in [0.2, 0.25) is 0 Å². The molecule has 0 aliphatic rings. The zero-order valence-corrected chi connectivity index (χ0v) is 9.30. The molecule has 0 unspecified atom stereocenters. The summed E-state index contributed by atoms with van der Waals surface area (Å²) < 4.78 is 0. The molecule has 0 atom stereocenters. The Morgan fingerprint density at radius 3 is 2.29 bits per heavy atom. The van der Waals surface area contributed by atoms with Gasteiger partial charge in [0.15, 0.2) is 0 Å². The van der Waals surface area contributed by atoms with Gasteiger partial charge < -0.3 is 0 Å². The maximum atomic E-state index is 11.5. The highest BCUT2D eigenvalue weighted by atomic mass is 16.2. The molecule has 2 amide bonds. The lowest BCUT2D eigenvalue weighted by Gasteiger charge is -2.21. The van der Waals surface area contributed by atoms with Crippen molar-refractivity contribution in [3.63, 3.8) is 0 Å². The number of amides is 2. The Bertz CT molecular complexity index is 193. The van der Waals surface area contributed by atoms with Crippen LogP contribution in [0.3, 0.4) is 0 Å². The average Bonchev–Trinajstić information content (AvgIpc) is 2.13. The molecule has 0 aliphatic carbocycles. The van der Waals surface area contributed by atoms with Crippen LogP contribution in [-0.2, 0) is 9.59 Å². The van der Waals surface area contributed by atoms with Gasteiger partial charge in [0, 0.05) is 19.9 Å². The number of unbranched alkanes of at least 4 members (excludes halogenated alkanes) is 1. The number of nitrogens with zero attached hydrogens (tertiary/aromatic N) is 1. The smallest absolute Gasteiger partial charge is 0.240 e. The number of carbonyl (C=O) groups is 2. The van der Waals surface area contributed by atoms with E-state index in [0.717, 1.165) is 19.3 Å². The number of hydrazine groups is 1. The normalized spacial score (nSPS) is 9.64. The van der Waals surface area contributed by atoms with Crippen LogP contribution < -0.4 is 5.43 Å². The van der Waals surface area contributed by atoms with E-state index in [1.807, 2.05) is 13.8 Å². The third-order valence-electron chi connectivity index (χ3n) is 1.78. The highest BCUT2D eigenvalue weighted by molar-refractivity contribution is 5.80. The van der Waals surface area contributed by atoms with Crippen LogP contribution in [0.1, 0.15) is 46.5 Å². The van der Waals surface area contributed by atoms with Crippen molar-refractivity contribution in [2.45, 2.75) is 46.5 Å². The summed E-state index contributed by atoms with van der Waals surface area (Å²) in [5.41, 5.74) is 2.53. The van der Waals surface area contributed by atoms with Crippen molar-refractivity contribution in [1.82, 2.24) is 10.4 Å². The largest absolute Gasteiger partial charge is 0.274 e. The van der Waals surface area contributed by atoms with Crippen molar-refractivity contribution in [1.29, 1.82) is 0 Å². The first-order valence-corrected chi connectivity index (χ1v) is 5.19. The number of nitrogens with one attached hydrogen (secondary N) is 1. The first-order chi connectivity index (χ1) is 6.61. The van der Waals surface area contributed by atoms with Crippen molar-refractivity contribution < 1.29 is 9.59 Å². The summed E-state index contributed by atoms with van der Waals surface area (Å²) in [6.45, 7) is 6.01. The summed E-state index contributed by atoms with van der Waals surface area (Å²) in [6, 6.07) is 0. The fourth-order valence-electron chi connectivity index (χ4n) is 1.12. The Balaban J connectivity index is 4.03. The van der Waals surface area contributed by atoms with E-state index in [1.54, 1.807) is 0 Å². The van der Waals surface area contributed by atoms with Gasteiger partial charge in [0.05, 0.1) is 0 Å². The third kappa shape index (κ3) is 5.56. The van der Waals surface area contributed by atoms with Gasteiger partial charge in [0.1, 0.15) is 0 Å². The van der Waals surface area contributed by atoms with Crippen LogP contribution in [-0.4, -0.2) is 23.4 Å². The Morgan fingerprint density at radius 2 is 1.86 bits per heavy atom. The molecule has 0 aliphatic heterocycles. The number of rotatable bonds is 5. The summed E-state index contributed by atoms with van der Waals surface area (Å²) in [6.07, 6.45) is 3.22. The molecule has 82 valence electrons. The Labute approximate surface area is 85.6 Å². The summed E-state index contributed by atoms with van der Waals surface area (Å²) in [7, 11) is 0. The second-order valence-electron chi connectivity index (χ2n) is 3.32. The molecule has 0 saturated heterocycles. The molecule has 1 N–H and O–H groups in total. The SMILES string of the molecule is CCCCC(=O)N(CCC)NC(C)=O. The molecule has 14 heavy (non-hydrogen) atoms. The molecule has 0 saturated carbocycles. The van der Waals surface area contributed by atoms with Crippen molar-refractivity contribution >= 4 is 11.8 Å². The van der Waals surface area contributed by atoms with Gasteiger partial charge >= 0.3 is 0 Å². The minimum atomic E-state index is -0.191. The number of hydrogen-bond acceptors (Lipinski definition) is 2. The van der Waals surface area contributed by atoms with Gasteiger partial charge in [-0.05, 0) is 12.8 Å². The average molecular weight is 200 g/mol. The molecular weight excluding hydrogens is 180 g/mol. The van der Waals surface area contributed by atoms with Gasteiger partial charge in [-0.2, -0.15) is 0 Å². The van der Waals surface area contributed by atoms with E-state index >= 15 is 0 Å². The fraction of sp³-hybridized carbons (Fsp3) is 0.800. The highest BCUT2D eigenvalue weighted by Crippen LogP contribution is 1.99. The predicted molar refractivity (Wildman–Crippen MR) is 55.3 cm³/mol. The molecular formula is C10H20N2O2. The van der Waals surface area contributed by atoms with E-state index in [2.05, 4.69) is 5.43 Å². The van der Waals surface area contributed by atoms with Gasteiger partial charge in [0.25, 0.3) is 0 Å². The summed E-state index contributed by atoms with van der Waals surface area (Å²) >= 11 is 0. The predicted octanol–water partition coefficient (Wildman–Crippen LogP) is 1.47. The molecule has 0 bridgehead atoms. The van der Waals surface area contributed by atoms with Crippen LogP contribution >= 0.6 is 0 Å². The van der Waals surface area contributed by atoms with Crippen molar-refractivity contribution in [2.24, 2.45) is 0 Å². The highest BCUT2D eigenvalue weighted by Gasteiger charge is 2.12. The number of carbonyl (C=O) groups excluding carboxylic acids is 2. The zero-order chi connectivity index (χ0) is 11.0. The summed E-state index contributed by atoms with van der Waals surface area (Å²) in [5, 5.41) is 1.41. The fourth-order valence-corrected chi connectivity index (χ4v) is 1.12. The minimum absolute atomic E-state index is 0.00361. The van der Waals surface area contributed by atoms with E-state index in [0.29, 0.717) is 13.0 Å². The lowest BCUT2D eigenvalue weighted by Crippen LogP contribution is -2.45. The zero-order valence-electron chi connectivity index (χ0n) is 9.30. The topological polar surface area (TPSA) is 49.4 Å². The van der Waals surface area contributed by atoms with Crippen LogP contribution in [0.25, 0.3) is 0 Å². The van der Waals surface area contributed by atoms with Crippen molar-refractivity contribution in [2.75, 3.05) is 6.54 Å². The van der Waals surface area contributed by atoms with E-state index in [4.69, 9.17) is 0 Å². The molecule has 0 rings (SSSR count). The molecule has 0 spiro atoms. The first kappa shape index (κ1) is 12.9. The van der Waals surface area contributed by atoms with Crippen molar-refractivity contribution in [3.8, 4) is 0 Å². The van der Waals surface area contributed by atoms with Crippen molar-refractivity contribution in [3.05, 3.63) is 0 Å². The molecule has 0 heterocycles. The van der Waals surface area contributed by atoms with Gasteiger partial charge in [0.2, 0.25) is 11.8 Å². The monoisotopic (exact) mass is 200 g/mol. The van der Waals surface area contributed by atoms with Gasteiger partial charge in [-0.15, -0.1) is 0 Å². The first-order valence-electron chi connectivity index (χ1n) is 5.19. The second-order valence-corrected chi connectivity index (χ2v) is 3.32. The molecule has 0 aromatic rings. The lowest BCUT2D eigenvalue weighted by atomic mass is 10.2. The summed E-state index contributed by atoms with van der Waals surface area (Å²) in [5.74, 6) is -0.188. The van der Waals surface area contributed by atoms with Crippen LogP contribution in [0.15, 0.2) is 0 Å². The molecule has 4 heteroatoms. The molecule has 0 aromatic heterocycles. The third-order valence-corrected chi connectivity index (χ3v) is 1.78. The van der Waals surface area contributed by atoms with Crippen LogP contribution in [0.4, 0.5) is 0 Å². The quantitative estimate of drug-likeness (QED) is 0.683. The molecule has 0 fully saturated rings. The second kappa shape index (κ2) is 7.35.